The summed E-state index contributed by atoms with van der Waals surface area (Å²) in [5.74, 6) is -0.899. The Bertz CT molecular complexity index is 217. The molecule has 6 N–H and O–H groups in total. The molecule has 0 radical (unpaired) electrons. The number of hydrogen-bond acceptors (Lipinski definition) is 4. The summed E-state index contributed by atoms with van der Waals surface area (Å²) in [6.45, 7) is 3.74. The summed E-state index contributed by atoms with van der Waals surface area (Å²) in [6.07, 6.45) is 1.73. The molecule has 1 unspecified atom stereocenters. The lowest BCUT2D eigenvalue weighted by atomic mass is 10.2. The quantitative estimate of drug-likeness (QED) is 0.382. The Balaban J connectivity index is 3.95. The van der Waals surface area contributed by atoms with Crippen LogP contribution in [0.1, 0.15) is 6.42 Å². The van der Waals surface area contributed by atoms with Crippen molar-refractivity contribution in [3.8, 4) is 0 Å². The van der Waals surface area contributed by atoms with E-state index in [4.69, 9.17) is 11.5 Å². The number of nitrogens with one attached hydrogen (secondary N) is 2. The molecular formula is C8H16N4O2. The zero-order chi connectivity index (χ0) is 11.0. The zero-order valence-corrected chi connectivity index (χ0v) is 7.95. The average Bonchev–Trinajstić information content (AvgIpc) is 2.14. The van der Waals surface area contributed by atoms with Crippen molar-refractivity contribution < 1.29 is 9.59 Å². The van der Waals surface area contributed by atoms with E-state index in [-0.39, 0.29) is 12.5 Å². The topological polar surface area (TPSA) is 110 Å². The van der Waals surface area contributed by atoms with Crippen LogP contribution in [0, 0.1) is 0 Å². The van der Waals surface area contributed by atoms with Crippen LogP contribution >= 0.6 is 0 Å². The van der Waals surface area contributed by atoms with Gasteiger partial charge in [0.05, 0.1) is 6.54 Å². The first-order valence-corrected chi connectivity index (χ1v) is 4.24. The van der Waals surface area contributed by atoms with Crippen LogP contribution in [0.5, 0.6) is 0 Å². The van der Waals surface area contributed by atoms with Gasteiger partial charge in [0.25, 0.3) is 0 Å². The monoisotopic (exact) mass is 200 g/mol. The fourth-order valence-corrected chi connectivity index (χ4v) is 0.862. The maximum absolute atomic E-state index is 11.1. The molecule has 0 aliphatic heterocycles. The third kappa shape index (κ3) is 5.15. The number of nitrogens with two attached hydrogens (primary N) is 2. The lowest BCUT2D eigenvalue weighted by Gasteiger charge is -2.14. The summed E-state index contributed by atoms with van der Waals surface area (Å²) in [5.41, 5.74) is 10.3. The Hall–Kier alpha value is -1.56. The molecule has 0 aromatic carbocycles. The third-order valence-corrected chi connectivity index (χ3v) is 1.54. The van der Waals surface area contributed by atoms with E-state index in [9.17, 15) is 9.59 Å². The van der Waals surface area contributed by atoms with Crippen LogP contribution in [0.2, 0.25) is 0 Å². The van der Waals surface area contributed by atoms with Gasteiger partial charge in [-0.3, -0.25) is 9.59 Å². The van der Waals surface area contributed by atoms with Gasteiger partial charge in [0.1, 0.15) is 6.04 Å². The average molecular weight is 200 g/mol. The van der Waals surface area contributed by atoms with Crippen molar-refractivity contribution in [2.24, 2.45) is 11.5 Å². The van der Waals surface area contributed by atoms with E-state index in [0.717, 1.165) is 0 Å². The number of amides is 2. The molecule has 0 aliphatic rings. The lowest BCUT2D eigenvalue weighted by molar-refractivity contribution is -0.126. The van der Waals surface area contributed by atoms with Gasteiger partial charge in [-0.2, -0.15) is 0 Å². The van der Waals surface area contributed by atoms with Crippen molar-refractivity contribution in [3.63, 3.8) is 0 Å². The summed E-state index contributed by atoms with van der Waals surface area (Å²) < 4.78 is 0. The molecule has 1 atom stereocenters. The number of hydrogen-bond donors (Lipinski definition) is 4. The fraction of sp³-hybridized carbons (Fsp3) is 0.500. The largest absolute Gasteiger partial charge is 0.383 e. The van der Waals surface area contributed by atoms with Crippen molar-refractivity contribution in [2.45, 2.75) is 12.5 Å². The molecule has 0 heterocycles. The minimum atomic E-state index is -0.695. The van der Waals surface area contributed by atoms with Gasteiger partial charge in [-0.25, -0.2) is 0 Å². The molecule has 0 aliphatic carbocycles. The number of primary amides is 1. The van der Waals surface area contributed by atoms with E-state index in [1.165, 1.54) is 6.20 Å². The number of carbonyl (C=O) groups excluding carboxylic acids is 2. The van der Waals surface area contributed by atoms with Crippen molar-refractivity contribution in [1.82, 2.24) is 10.6 Å². The second-order valence-electron chi connectivity index (χ2n) is 2.68. The smallest absolute Gasteiger partial charge is 0.240 e. The molecule has 14 heavy (non-hydrogen) atoms. The van der Waals surface area contributed by atoms with E-state index in [0.29, 0.717) is 13.0 Å². The number of carbonyl (C=O) groups is 2. The fourth-order valence-electron chi connectivity index (χ4n) is 0.862. The highest BCUT2D eigenvalue weighted by Gasteiger charge is 2.16. The Morgan fingerprint density at radius 1 is 1.50 bits per heavy atom. The van der Waals surface area contributed by atoms with Gasteiger partial charge in [0, 0.05) is 0 Å². The Morgan fingerprint density at radius 2 is 2.14 bits per heavy atom. The van der Waals surface area contributed by atoms with Crippen molar-refractivity contribution in [1.29, 1.82) is 0 Å². The Labute approximate surface area is 82.7 Å². The van der Waals surface area contributed by atoms with Crippen molar-refractivity contribution in [3.05, 3.63) is 12.8 Å². The lowest BCUT2D eigenvalue weighted by Crippen LogP contribution is -2.47. The van der Waals surface area contributed by atoms with Crippen LogP contribution in [0.4, 0.5) is 0 Å². The highest BCUT2D eigenvalue weighted by molar-refractivity contribution is 5.87. The van der Waals surface area contributed by atoms with Gasteiger partial charge in [0.2, 0.25) is 11.8 Å². The molecule has 0 spiro atoms. The Morgan fingerprint density at radius 3 is 2.57 bits per heavy atom. The summed E-state index contributed by atoms with van der Waals surface area (Å²) in [6, 6.07) is -0.695. The molecule has 0 saturated carbocycles. The first kappa shape index (κ1) is 12.4. The molecule has 0 aromatic heterocycles. The molecule has 80 valence electrons. The maximum Gasteiger partial charge on any atom is 0.240 e. The predicted octanol–water partition coefficient (Wildman–Crippen LogP) is -1.96. The second kappa shape index (κ2) is 6.90. The molecule has 6 nitrogen and oxygen atoms in total. The van der Waals surface area contributed by atoms with E-state index in [2.05, 4.69) is 17.2 Å². The van der Waals surface area contributed by atoms with Gasteiger partial charge in [-0.1, -0.05) is 6.58 Å². The second-order valence-corrected chi connectivity index (χ2v) is 2.68. The predicted molar refractivity (Wildman–Crippen MR) is 53.0 cm³/mol. The molecule has 0 saturated heterocycles. The maximum atomic E-state index is 11.1. The standard InChI is InChI=1S/C8H16N4O2/c1-2-11-5-7(13)12-6(3-4-9)8(10)14/h2,6,11H,1,3-5,9H2,(H2,10,14)(H,12,13). The third-order valence-electron chi connectivity index (χ3n) is 1.54. The zero-order valence-electron chi connectivity index (χ0n) is 7.95. The summed E-state index contributed by atoms with van der Waals surface area (Å²) in [7, 11) is 0. The van der Waals surface area contributed by atoms with Crippen molar-refractivity contribution >= 4 is 11.8 Å². The highest BCUT2D eigenvalue weighted by Crippen LogP contribution is 1.88. The van der Waals surface area contributed by atoms with Gasteiger partial charge in [0.15, 0.2) is 0 Å². The normalized spacial score (nSPS) is 11.5. The van der Waals surface area contributed by atoms with Crippen LogP contribution in [-0.2, 0) is 9.59 Å². The Kier molecular flexibility index (Phi) is 6.13. The highest BCUT2D eigenvalue weighted by atomic mass is 16.2. The van der Waals surface area contributed by atoms with Crippen LogP contribution in [0.3, 0.4) is 0 Å². The molecule has 2 amide bonds. The molecule has 0 aromatic rings. The first-order valence-electron chi connectivity index (χ1n) is 4.24. The van der Waals surface area contributed by atoms with Crippen LogP contribution in [0.25, 0.3) is 0 Å². The molecule has 0 fully saturated rings. The SMILES string of the molecule is C=CNCC(=O)NC(CCN)C(N)=O. The molecular weight excluding hydrogens is 184 g/mol. The minimum absolute atomic E-state index is 0.0673. The molecule has 0 bridgehead atoms. The van der Waals surface area contributed by atoms with Gasteiger partial charge < -0.3 is 22.1 Å². The molecule has 6 heteroatoms. The first-order chi connectivity index (χ1) is 6.61. The number of rotatable bonds is 7. The van der Waals surface area contributed by atoms with Gasteiger partial charge in [-0.05, 0) is 19.2 Å². The van der Waals surface area contributed by atoms with Gasteiger partial charge in [-0.15, -0.1) is 0 Å². The summed E-state index contributed by atoms with van der Waals surface area (Å²) in [5, 5.41) is 5.05. The van der Waals surface area contributed by atoms with Crippen LogP contribution in [0.15, 0.2) is 12.8 Å². The van der Waals surface area contributed by atoms with Crippen LogP contribution < -0.4 is 22.1 Å². The van der Waals surface area contributed by atoms with E-state index in [1.807, 2.05) is 0 Å². The summed E-state index contributed by atoms with van der Waals surface area (Å²) >= 11 is 0. The van der Waals surface area contributed by atoms with E-state index < -0.39 is 11.9 Å². The van der Waals surface area contributed by atoms with Crippen LogP contribution in [-0.4, -0.2) is 30.9 Å². The van der Waals surface area contributed by atoms with Crippen molar-refractivity contribution in [2.75, 3.05) is 13.1 Å². The van der Waals surface area contributed by atoms with E-state index in [1.54, 1.807) is 0 Å². The van der Waals surface area contributed by atoms with Gasteiger partial charge >= 0.3 is 0 Å². The summed E-state index contributed by atoms with van der Waals surface area (Å²) in [4.78, 5) is 21.9. The van der Waals surface area contributed by atoms with E-state index >= 15 is 0 Å². The molecule has 0 rings (SSSR count). The minimum Gasteiger partial charge on any atom is -0.383 e.